The van der Waals surface area contributed by atoms with Gasteiger partial charge in [-0.25, -0.2) is 8.78 Å². The van der Waals surface area contributed by atoms with Crippen LogP contribution in [0.5, 0.6) is 5.75 Å². The van der Waals surface area contributed by atoms with E-state index in [0.717, 1.165) is 37.8 Å². The summed E-state index contributed by atoms with van der Waals surface area (Å²) < 4.78 is 85.2. The molecule has 2 unspecified atom stereocenters. The Morgan fingerprint density at radius 1 is 1.11 bits per heavy atom. The highest BCUT2D eigenvalue weighted by molar-refractivity contribution is 6.03. The average Bonchev–Trinajstić information content (AvgIpc) is 3.22. The molecule has 1 aromatic carbocycles. The average molecular weight is 513 g/mol. The number of oxazole rings is 1. The van der Waals surface area contributed by atoms with Gasteiger partial charge in [0.15, 0.2) is 23.1 Å². The van der Waals surface area contributed by atoms with Crippen molar-refractivity contribution >= 4 is 17.6 Å². The van der Waals surface area contributed by atoms with Gasteiger partial charge in [0, 0.05) is 43.4 Å². The summed E-state index contributed by atoms with van der Waals surface area (Å²) >= 11 is 0. The number of hydrogen-bond donors (Lipinski definition) is 1. The fourth-order valence-corrected chi connectivity index (χ4v) is 5.65. The number of carbonyl (C=O) groups is 1. The summed E-state index contributed by atoms with van der Waals surface area (Å²) in [5.41, 5.74) is -0.866. The number of nitrogens with one attached hydrogen (secondary N) is 1. The lowest BCUT2D eigenvalue weighted by Crippen LogP contribution is -2.23. The van der Waals surface area contributed by atoms with Crippen LogP contribution < -0.4 is 15.0 Å². The summed E-state index contributed by atoms with van der Waals surface area (Å²) in [6.07, 6.45) is -3.04. The molecule has 4 aliphatic rings. The van der Waals surface area contributed by atoms with Crippen molar-refractivity contribution in [2.24, 2.45) is 17.8 Å². The van der Waals surface area contributed by atoms with Crippen LogP contribution in [0.3, 0.4) is 0 Å². The van der Waals surface area contributed by atoms with E-state index < -0.39 is 47.3 Å². The lowest BCUT2D eigenvalue weighted by molar-refractivity contribution is -0.130. The Morgan fingerprint density at radius 2 is 1.83 bits per heavy atom. The molecule has 4 fully saturated rings. The molecular formula is C24H24F5N3O4. The highest BCUT2D eigenvalue weighted by Gasteiger charge is 2.47. The molecule has 12 heteroatoms. The maximum Gasteiger partial charge on any atom is 0.396 e. The minimum Gasteiger partial charge on any atom is -0.484 e. The third kappa shape index (κ3) is 4.62. The van der Waals surface area contributed by atoms with Crippen molar-refractivity contribution in [1.82, 2.24) is 4.98 Å². The van der Waals surface area contributed by atoms with Crippen LogP contribution >= 0.6 is 0 Å². The topological polar surface area (TPSA) is 76.8 Å². The smallest absolute Gasteiger partial charge is 0.396 e. The standard InChI is InChI=1S/C24H24F5N3O4/c25-16-6-14(7-17(26)21(16)35-15-4-12-3-13(12)5-15)30-22(33)20-18(8-24(27,28)29)36-23(31-20)32-9-11-1-2-34-19(11)10-32/h6-7,11-13,15,19H,1-5,8-10H2,(H,30,33)/t11-,12?,13?,15?,19+/m1/s1. The monoisotopic (exact) mass is 513 g/mol. The van der Waals surface area contributed by atoms with E-state index in [4.69, 9.17) is 13.9 Å². The minimum atomic E-state index is -4.66. The Labute approximate surface area is 202 Å². The van der Waals surface area contributed by atoms with Gasteiger partial charge in [0.2, 0.25) is 0 Å². The molecular weight excluding hydrogens is 489 g/mol. The van der Waals surface area contributed by atoms with E-state index in [1.165, 1.54) is 0 Å². The van der Waals surface area contributed by atoms with E-state index >= 15 is 0 Å². The SMILES string of the molecule is O=C(Nc1cc(F)c(OC2CC3CC3C2)c(F)c1)c1nc(N2C[C@H]3CCO[C@H]3C2)oc1CC(F)(F)F. The first-order valence-electron chi connectivity index (χ1n) is 12.0. The van der Waals surface area contributed by atoms with Gasteiger partial charge >= 0.3 is 6.18 Å². The maximum atomic E-state index is 14.6. The number of alkyl halides is 3. The maximum absolute atomic E-state index is 14.6. The van der Waals surface area contributed by atoms with Gasteiger partial charge in [-0.2, -0.15) is 18.2 Å². The normalized spacial score (nSPS) is 28.8. The van der Waals surface area contributed by atoms with Crippen LogP contribution in [0.15, 0.2) is 16.5 Å². The molecule has 194 valence electrons. The number of nitrogens with zero attached hydrogens (tertiary/aromatic N) is 2. The van der Waals surface area contributed by atoms with Crippen molar-refractivity contribution < 1.29 is 40.6 Å². The first kappa shape index (κ1) is 23.5. The Bertz CT molecular complexity index is 1140. The second-order valence-corrected chi connectivity index (χ2v) is 10.1. The summed E-state index contributed by atoms with van der Waals surface area (Å²) in [6, 6.07) is 1.62. The van der Waals surface area contributed by atoms with Crippen molar-refractivity contribution in [3.8, 4) is 5.75 Å². The first-order valence-corrected chi connectivity index (χ1v) is 12.0. The summed E-state index contributed by atoms with van der Waals surface area (Å²) in [4.78, 5) is 18.5. The number of carbonyl (C=O) groups excluding carboxylic acids is 1. The molecule has 1 amide bonds. The van der Waals surface area contributed by atoms with Crippen LogP contribution in [0.1, 0.15) is 41.9 Å². The molecule has 2 aliphatic heterocycles. The Hall–Kier alpha value is -2.89. The molecule has 6 rings (SSSR count). The zero-order valence-corrected chi connectivity index (χ0v) is 19.1. The molecule has 2 saturated heterocycles. The van der Waals surface area contributed by atoms with Crippen LogP contribution in [0.2, 0.25) is 0 Å². The molecule has 2 aromatic rings. The number of rotatable bonds is 6. The number of ether oxygens (including phenoxy) is 2. The third-order valence-corrected chi connectivity index (χ3v) is 7.48. The number of hydrogen-bond acceptors (Lipinski definition) is 6. The van der Waals surface area contributed by atoms with E-state index in [0.29, 0.717) is 31.5 Å². The van der Waals surface area contributed by atoms with Gasteiger partial charge in [-0.05, 0) is 37.5 Å². The Balaban J connectivity index is 1.20. The van der Waals surface area contributed by atoms with E-state index in [-0.39, 0.29) is 29.8 Å². The number of anilines is 2. The number of aromatic nitrogens is 1. The molecule has 36 heavy (non-hydrogen) atoms. The lowest BCUT2D eigenvalue weighted by Gasteiger charge is -2.17. The molecule has 0 spiro atoms. The molecule has 1 aromatic heterocycles. The molecule has 2 saturated carbocycles. The molecule has 3 heterocycles. The van der Waals surface area contributed by atoms with Gasteiger partial charge in [0.05, 0.1) is 12.2 Å². The van der Waals surface area contributed by atoms with Crippen LogP contribution in [-0.2, 0) is 11.2 Å². The summed E-state index contributed by atoms with van der Waals surface area (Å²) in [5.74, 6) is -2.95. The van der Waals surface area contributed by atoms with Crippen molar-refractivity contribution in [3.05, 3.63) is 35.2 Å². The van der Waals surface area contributed by atoms with E-state index in [9.17, 15) is 26.7 Å². The Kier molecular flexibility index (Phi) is 5.62. The van der Waals surface area contributed by atoms with Crippen molar-refractivity contribution in [3.63, 3.8) is 0 Å². The number of halogens is 5. The van der Waals surface area contributed by atoms with E-state index in [1.54, 1.807) is 4.90 Å². The third-order valence-electron chi connectivity index (χ3n) is 7.48. The fraction of sp³-hybridized carbons (Fsp3) is 0.583. The minimum absolute atomic E-state index is 0.0676. The molecule has 0 bridgehead atoms. The van der Waals surface area contributed by atoms with Crippen molar-refractivity contribution in [2.75, 3.05) is 29.9 Å². The van der Waals surface area contributed by atoms with Crippen molar-refractivity contribution in [1.29, 1.82) is 0 Å². The summed E-state index contributed by atoms with van der Waals surface area (Å²) in [5, 5.41) is 2.24. The van der Waals surface area contributed by atoms with E-state index in [2.05, 4.69) is 10.3 Å². The highest BCUT2D eigenvalue weighted by Crippen LogP contribution is 2.52. The predicted molar refractivity (Wildman–Crippen MR) is 116 cm³/mol. The number of amides is 1. The lowest BCUT2D eigenvalue weighted by atomic mass is 10.1. The van der Waals surface area contributed by atoms with Gasteiger partial charge in [-0.1, -0.05) is 0 Å². The molecule has 1 N–H and O–H groups in total. The van der Waals surface area contributed by atoms with E-state index in [1.807, 2.05) is 0 Å². The fourth-order valence-electron chi connectivity index (χ4n) is 5.65. The van der Waals surface area contributed by atoms with Gasteiger partial charge in [-0.3, -0.25) is 4.79 Å². The quantitative estimate of drug-likeness (QED) is 0.564. The largest absolute Gasteiger partial charge is 0.484 e. The van der Waals surface area contributed by atoms with Gasteiger partial charge < -0.3 is 24.1 Å². The summed E-state index contributed by atoms with van der Waals surface area (Å²) in [7, 11) is 0. The van der Waals surface area contributed by atoms with Crippen LogP contribution in [0.25, 0.3) is 0 Å². The predicted octanol–water partition coefficient (Wildman–Crippen LogP) is 4.71. The second kappa shape index (κ2) is 8.60. The zero-order valence-electron chi connectivity index (χ0n) is 19.1. The Morgan fingerprint density at radius 3 is 2.50 bits per heavy atom. The highest BCUT2D eigenvalue weighted by atomic mass is 19.4. The van der Waals surface area contributed by atoms with Crippen LogP contribution in [0, 0.1) is 29.4 Å². The molecule has 0 radical (unpaired) electrons. The first-order chi connectivity index (χ1) is 17.1. The molecule has 7 nitrogen and oxygen atoms in total. The molecule has 2 aliphatic carbocycles. The number of fused-ring (bicyclic) bond motifs is 2. The van der Waals surface area contributed by atoms with Crippen LogP contribution in [0.4, 0.5) is 33.7 Å². The van der Waals surface area contributed by atoms with Gasteiger partial charge in [0.25, 0.3) is 11.9 Å². The summed E-state index contributed by atoms with van der Waals surface area (Å²) in [6.45, 7) is 1.50. The van der Waals surface area contributed by atoms with Gasteiger partial charge in [0.1, 0.15) is 12.2 Å². The van der Waals surface area contributed by atoms with Crippen LogP contribution in [-0.4, -0.2) is 49.0 Å². The zero-order chi connectivity index (χ0) is 25.2. The molecule has 4 atom stereocenters. The number of benzene rings is 1. The second-order valence-electron chi connectivity index (χ2n) is 10.1. The van der Waals surface area contributed by atoms with Gasteiger partial charge in [-0.15, -0.1) is 0 Å². The van der Waals surface area contributed by atoms with Crippen molar-refractivity contribution in [2.45, 2.75) is 50.5 Å².